The molecule has 5 heteroatoms. The van der Waals surface area contributed by atoms with Gasteiger partial charge in [-0.05, 0) is 25.2 Å². The average molecular weight is 253 g/mol. The Morgan fingerprint density at radius 3 is 2.94 bits per heavy atom. The number of aliphatic hydroxyl groups excluding tert-OH is 2. The number of nitrogens with zero attached hydrogens (tertiary/aromatic N) is 1. The smallest absolute Gasteiger partial charge is 0.125 e. The lowest BCUT2D eigenvalue weighted by Crippen LogP contribution is -2.44. The Hall–Kier alpha value is -1.30. The first-order chi connectivity index (χ1) is 8.67. The van der Waals surface area contributed by atoms with E-state index in [4.69, 9.17) is 14.6 Å². The van der Waals surface area contributed by atoms with Crippen LogP contribution in [-0.2, 0) is 0 Å². The molecule has 1 aliphatic rings. The largest absolute Gasteiger partial charge is 0.497 e. The van der Waals surface area contributed by atoms with Crippen molar-refractivity contribution in [1.29, 1.82) is 0 Å². The molecule has 0 saturated carbocycles. The summed E-state index contributed by atoms with van der Waals surface area (Å²) in [6, 6.07) is 5.25. The monoisotopic (exact) mass is 253 g/mol. The van der Waals surface area contributed by atoms with Crippen molar-refractivity contribution in [2.75, 3.05) is 33.9 Å². The fourth-order valence-electron chi connectivity index (χ4n) is 2.18. The Bertz CT molecular complexity index is 410. The van der Waals surface area contributed by atoms with Gasteiger partial charge in [0.2, 0.25) is 0 Å². The van der Waals surface area contributed by atoms with E-state index in [1.165, 1.54) is 0 Å². The lowest BCUT2D eigenvalue weighted by molar-refractivity contribution is 0.00935. The lowest BCUT2D eigenvalue weighted by atomic mass is 9.98. The second-order valence-electron chi connectivity index (χ2n) is 4.43. The quantitative estimate of drug-likeness (QED) is 0.814. The van der Waals surface area contributed by atoms with E-state index in [2.05, 4.69) is 0 Å². The molecule has 0 bridgehead atoms. The molecular formula is C13H19NO4. The molecule has 1 heterocycles. The van der Waals surface area contributed by atoms with Crippen molar-refractivity contribution in [3.8, 4) is 11.5 Å². The Morgan fingerprint density at radius 1 is 1.50 bits per heavy atom. The van der Waals surface area contributed by atoms with Gasteiger partial charge in [-0.1, -0.05) is 0 Å². The SMILES string of the molecule is COc1ccc2c(c1)C(O)C(N(C)CCO)CO2. The van der Waals surface area contributed by atoms with Crippen LogP contribution in [0.5, 0.6) is 11.5 Å². The molecule has 0 aromatic heterocycles. The van der Waals surface area contributed by atoms with E-state index in [0.717, 1.165) is 5.56 Å². The minimum atomic E-state index is -0.639. The molecule has 0 aliphatic carbocycles. The molecule has 0 fully saturated rings. The molecule has 2 rings (SSSR count). The first-order valence-corrected chi connectivity index (χ1v) is 5.97. The summed E-state index contributed by atoms with van der Waals surface area (Å²) < 4.78 is 10.8. The van der Waals surface area contributed by atoms with Crippen LogP contribution in [0.2, 0.25) is 0 Å². The topological polar surface area (TPSA) is 62.2 Å². The van der Waals surface area contributed by atoms with E-state index in [9.17, 15) is 5.11 Å². The summed E-state index contributed by atoms with van der Waals surface area (Å²) in [5.74, 6) is 1.39. The van der Waals surface area contributed by atoms with Crippen molar-refractivity contribution in [2.24, 2.45) is 0 Å². The van der Waals surface area contributed by atoms with Gasteiger partial charge in [0.1, 0.15) is 24.2 Å². The number of hydrogen-bond donors (Lipinski definition) is 2. The highest BCUT2D eigenvalue weighted by Gasteiger charge is 2.32. The molecule has 0 spiro atoms. The number of fused-ring (bicyclic) bond motifs is 1. The van der Waals surface area contributed by atoms with E-state index in [-0.39, 0.29) is 12.6 Å². The van der Waals surface area contributed by atoms with Gasteiger partial charge < -0.3 is 19.7 Å². The average Bonchev–Trinajstić information content (AvgIpc) is 2.39. The molecule has 0 saturated heterocycles. The van der Waals surface area contributed by atoms with Gasteiger partial charge >= 0.3 is 0 Å². The molecule has 2 unspecified atom stereocenters. The van der Waals surface area contributed by atoms with Crippen LogP contribution >= 0.6 is 0 Å². The maximum atomic E-state index is 10.4. The van der Waals surface area contributed by atoms with Gasteiger partial charge in [0.25, 0.3) is 0 Å². The summed E-state index contributed by atoms with van der Waals surface area (Å²) in [4.78, 5) is 1.90. The number of rotatable bonds is 4. The third kappa shape index (κ3) is 2.43. The normalized spacial score (nSPS) is 22.5. The fraction of sp³-hybridized carbons (Fsp3) is 0.538. The van der Waals surface area contributed by atoms with Gasteiger partial charge in [-0.2, -0.15) is 0 Å². The van der Waals surface area contributed by atoms with Crippen molar-refractivity contribution < 1.29 is 19.7 Å². The summed E-state index contributed by atoms with van der Waals surface area (Å²) in [7, 11) is 3.45. The number of ether oxygens (including phenoxy) is 2. The zero-order valence-electron chi connectivity index (χ0n) is 10.7. The predicted molar refractivity (Wildman–Crippen MR) is 67.0 cm³/mol. The Balaban J connectivity index is 2.23. The number of hydrogen-bond acceptors (Lipinski definition) is 5. The second-order valence-corrected chi connectivity index (χ2v) is 4.43. The first-order valence-electron chi connectivity index (χ1n) is 5.97. The molecule has 1 aromatic rings. The molecule has 0 radical (unpaired) electrons. The first kappa shape index (κ1) is 13.1. The fourth-order valence-corrected chi connectivity index (χ4v) is 2.18. The molecule has 100 valence electrons. The van der Waals surface area contributed by atoms with Gasteiger partial charge in [-0.15, -0.1) is 0 Å². The zero-order chi connectivity index (χ0) is 13.1. The zero-order valence-corrected chi connectivity index (χ0v) is 10.7. The van der Waals surface area contributed by atoms with Crippen molar-refractivity contribution >= 4 is 0 Å². The highest BCUT2D eigenvalue weighted by molar-refractivity contribution is 5.43. The van der Waals surface area contributed by atoms with Gasteiger partial charge in [0.05, 0.1) is 19.8 Å². The number of methoxy groups -OCH3 is 1. The minimum absolute atomic E-state index is 0.0602. The Morgan fingerprint density at radius 2 is 2.28 bits per heavy atom. The van der Waals surface area contributed by atoms with Gasteiger partial charge in [-0.3, -0.25) is 4.90 Å². The molecule has 18 heavy (non-hydrogen) atoms. The predicted octanol–water partition coefficient (Wildman–Crippen LogP) is 0.414. The molecule has 2 atom stereocenters. The summed E-state index contributed by atoms with van der Waals surface area (Å²) in [5.41, 5.74) is 0.732. The molecular weight excluding hydrogens is 234 g/mol. The Labute approximate surface area is 107 Å². The van der Waals surface area contributed by atoms with E-state index < -0.39 is 6.10 Å². The van der Waals surface area contributed by atoms with Crippen LogP contribution in [-0.4, -0.2) is 55.1 Å². The summed E-state index contributed by atoms with van der Waals surface area (Å²) in [6.07, 6.45) is -0.639. The van der Waals surface area contributed by atoms with E-state index in [1.54, 1.807) is 19.2 Å². The molecule has 1 aliphatic heterocycles. The summed E-state index contributed by atoms with van der Waals surface area (Å²) >= 11 is 0. The summed E-state index contributed by atoms with van der Waals surface area (Å²) in [5, 5.41) is 19.3. The van der Waals surface area contributed by atoms with Crippen LogP contribution in [0.1, 0.15) is 11.7 Å². The van der Waals surface area contributed by atoms with Gasteiger partial charge in [-0.25, -0.2) is 0 Å². The van der Waals surface area contributed by atoms with Crippen molar-refractivity contribution in [3.63, 3.8) is 0 Å². The van der Waals surface area contributed by atoms with Crippen LogP contribution in [0.3, 0.4) is 0 Å². The maximum absolute atomic E-state index is 10.4. The third-order valence-electron chi connectivity index (χ3n) is 3.33. The highest BCUT2D eigenvalue weighted by Crippen LogP contribution is 2.36. The number of likely N-dealkylation sites (N-methyl/N-ethyl adjacent to an activating group) is 1. The molecule has 2 N–H and O–H groups in total. The minimum Gasteiger partial charge on any atom is -0.497 e. The summed E-state index contributed by atoms with van der Waals surface area (Å²) in [6.45, 7) is 0.978. The van der Waals surface area contributed by atoms with Crippen LogP contribution in [0.25, 0.3) is 0 Å². The third-order valence-corrected chi connectivity index (χ3v) is 3.33. The molecule has 5 nitrogen and oxygen atoms in total. The number of aliphatic hydroxyl groups is 2. The standard InChI is InChI=1S/C13H19NO4/c1-14(5-6-15)11-8-18-12-4-3-9(17-2)7-10(12)13(11)16/h3-4,7,11,13,15-16H,5-6,8H2,1-2H3. The van der Waals surface area contributed by atoms with Crippen LogP contribution < -0.4 is 9.47 Å². The van der Waals surface area contributed by atoms with Crippen molar-refractivity contribution in [3.05, 3.63) is 23.8 Å². The van der Waals surface area contributed by atoms with E-state index in [0.29, 0.717) is 24.7 Å². The Kier molecular flexibility index (Phi) is 4.06. The highest BCUT2D eigenvalue weighted by atomic mass is 16.5. The van der Waals surface area contributed by atoms with Gasteiger partial charge in [0, 0.05) is 12.1 Å². The molecule has 1 aromatic carbocycles. The maximum Gasteiger partial charge on any atom is 0.125 e. The van der Waals surface area contributed by atoms with Crippen molar-refractivity contribution in [2.45, 2.75) is 12.1 Å². The number of benzene rings is 1. The van der Waals surface area contributed by atoms with Crippen molar-refractivity contribution in [1.82, 2.24) is 4.90 Å². The van der Waals surface area contributed by atoms with Crippen LogP contribution in [0.4, 0.5) is 0 Å². The lowest BCUT2D eigenvalue weighted by Gasteiger charge is -2.36. The van der Waals surface area contributed by atoms with E-state index >= 15 is 0 Å². The van der Waals surface area contributed by atoms with Crippen LogP contribution in [0.15, 0.2) is 18.2 Å². The van der Waals surface area contributed by atoms with Gasteiger partial charge in [0.15, 0.2) is 0 Å². The molecule has 0 amide bonds. The van der Waals surface area contributed by atoms with E-state index in [1.807, 2.05) is 18.0 Å². The second kappa shape index (κ2) is 5.56. The van der Waals surface area contributed by atoms with Crippen LogP contribution in [0, 0.1) is 0 Å².